The Hall–Kier alpha value is -4.70. The first-order valence-corrected chi connectivity index (χ1v) is 14.4. The largest absolute Gasteiger partial charge is 0.478 e. The van der Waals surface area contributed by atoms with E-state index in [-0.39, 0.29) is 52.2 Å². The molecule has 2 fully saturated rings. The van der Waals surface area contributed by atoms with E-state index in [9.17, 15) is 28.4 Å². The minimum absolute atomic E-state index is 0.0212. The lowest BCUT2D eigenvalue weighted by atomic mass is 9.95. The van der Waals surface area contributed by atoms with E-state index in [0.717, 1.165) is 48.4 Å². The third-order valence-corrected chi connectivity index (χ3v) is 7.25. The quantitative estimate of drug-likeness (QED) is 0.307. The first-order chi connectivity index (χ1) is 21.0. The number of aromatic nitrogens is 2. The summed E-state index contributed by atoms with van der Waals surface area (Å²) >= 11 is 0. The van der Waals surface area contributed by atoms with Gasteiger partial charge in [0.15, 0.2) is 0 Å². The molecule has 1 saturated carbocycles. The van der Waals surface area contributed by atoms with Gasteiger partial charge in [0.05, 0.1) is 36.9 Å². The summed E-state index contributed by atoms with van der Waals surface area (Å²) in [6.45, 7) is 3.42. The van der Waals surface area contributed by atoms with E-state index in [0.29, 0.717) is 6.54 Å². The predicted molar refractivity (Wildman–Crippen MR) is 155 cm³/mol. The van der Waals surface area contributed by atoms with Gasteiger partial charge in [0.1, 0.15) is 17.2 Å². The molecular formula is C31H31F3N6O4. The van der Waals surface area contributed by atoms with Gasteiger partial charge in [-0.1, -0.05) is 6.92 Å². The maximum Gasteiger partial charge on any atom is 0.282 e. The number of carbonyl (C=O) groups is 2. The van der Waals surface area contributed by atoms with Gasteiger partial charge in [-0.05, 0) is 68.1 Å². The molecule has 0 bridgehead atoms. The van der Waals surface area contributed by atoms with Crippen LogP contribution in [-0.2, 0) is 6.54 Å². The average molecular weight is 609 g/mol. The van der Waals surface area contributed by atoms with Crippen molar-refractivity contribution in [1.29, 1.82) is 5.26 Å². The third-order valence-electron chi connectivity index (χ3n) is 7.25. The van der Waals surface area contributed by atoms with Crippen molar-refractivity contribution in [2.45, 2.75) is 51.6 Å². The number of rotatable bonds is 11. The van der Waals surface area contributed by atoms with Gasteiger partial charge in [-0.3, -0.25) is 14.4 Å². The monoisotopic (exact) mass is 608 g/mol. The topological polar surface area (TPSA) is 129 Å². The molecule has 2 aliphatic rings. The first-order valence-electron chi connectivity index (χ1n) is 14.4. The van der Waals surface area contributed by atoms with Crippen molar-refractivity contribution in [2.75, 3.05) is 31.6 Å². The number of hydrogen-bond acceptors (Lipinski definition) is 7. The van der Waals surface area contributed by atoms with E-state index in [1.165, 1.54) is 18.2 Å². The lowest BCUT2D eigenvalue weighted by molar-refractivity contribution is -0.113. The zero-order valence-electron chi connectivity index (χ0n) is 24.3. The van der Waals surface area contributed by atoms with Crippen LogP contribution in [0.1, 0.15) is 71.0 Å². The number of pyridine rings is 2. The van der Waals surface area contributed by atoms with Crippen LogP contribution in [0.15, 0.2) is 41.3 Å². The predicted octanol–water partition coefficient (Wildman–Crippen LogP) is 4.50. The molecular weight excluding hydrogens is 577 g/mol. The summed E-state index contributed by atoms with van der Waals surface area (Å²) < 4.78 is 49.8. The maximum absolute atomic E-state index is 15.5. The Bertz CT molecular complexity index is 1710. The average Bonchev–Trinajstić information content (AvgIpc) is 3.81. The number of nitriles is 1. The molecule has 0 spiro atoms. The molecule has 44 heavy (non-hydrogen) atoms. The molecule has 0 radical (unpaired) electrons. The van der Waals surface area contributed by atoms with E-state index in [1.807, 2.05) is 6.92 Å². The van der Waals surface area contributed by atoms with Crippen molar-refractivity contribution in [1.82, 2.24) is 19.8 Å². The molecule has 3 aromatic rings. The SMILES string of the molecule is CCCNCc1cc(C(=O)Nc2cc(-c3c(F)cc(C#N)cc3C(=O)N3CC(F)(F)C3)cc(OCC)n2)c(=O)n(C2CC2)c1. The van der Waals surface area contributed by atoms with E-state index in [1.54, 1.807) is 23.8 Å². The highest BCUT2D eigenvalue weighted by Crippen LogP contribution is 2.36. The van der Waals surface area contributed by atoms with Crippen LogP contribution in [0, 0.1) is 17.1 Å². The summed E-state index contributed by atoms with van der Waals surface area (Å²) in [5, 5.41) is 15.2. The number of amides is 2. The smallest absolute Gasteiger partial charge is 0.282 e. The second-order valence-corrected chi connectivity index (χ2v) is 10.9. The third kappa shape index (κ3) is 6.60. The summed E-state index contributed by atoms with van der Waals surface area (Å²) in [4.78, 5) is 45.1. The molecule has 2 aromatic heterocycles. The van der Waals surface area contributed by atoms with E-state index in [2.05, 4.69) is 15.6 Å². The Kier molecular flexibility index (Phi) is 8.73. The Balaban J connectivity index is 1.53. The molecule has 1 aromatic carbocycles. The number of alkyl halides is 2. The normalized spacial score (nSPS) is 15.3. The maximum atomic E-state index is 15.5. The van der Waals surface area contributed by atoms with Gasteiger partial charge in [0.25, 0.3) is 23.3 Å². The van der Waals surface area contributed by atoms with Crippen LogP contribution in [0.5, 0.6) is 5.88 Å². The summed E-state index contributed by atoms with van der Waals surface area (Å²) in [5.74, 6) is -5.75. The number of anilines is 1. The van der Waals surface area contributed by atoms with Crippen molar-refractivity contribution in [3.63, 3.8) is 0 Å². The molecule has 3 heterocycles. The fraction of sp³-hybridized carbons (Fsp3) is 0.387. The van der Waals surface area contributed by atoms with Crippen molar-refractivity contribution in [2.24, 2.45) is 0 Å². The minimum Gasteiger partial charge on any atom is -0.478 e. The molecule has 1 aliphatic heterocycles. The summed E-state index contributed by atoms with van der Waals surface area (Å²) in [7, 11) is 0. The van der Waals surface area contributed by atoms with Gasteiger partial charge in [-0.2, -0.15) is 10.2 Å². The van der Waals surface area contributed by atoms with Crippen molar-refractivity contribution in [3.8, 4) is 23.1 Å². The molecule has 1 aliphatic carbocycles. The number of halogens is 3. The number of nitrogens with one attached hydrogen (secondary N) is 2. The summed E-state index contributed by atoms with van der Waals surface area (Å²) in [5.41, 5.74) is -0.504. The van der Waals surface area contributed by atoms with Crippen molar-refractivity contribution in [3.05, 3.63) is 75.0 Å². The highest BCUT2D eigenvalue weighted by molar-refractivity contribution is 6.05. The Morgan fingerprint density at radius 2 is 1.89 bits per heavy atom. The van der Waals surface area contributed by atoms with Crippen LogP contribution in [0.2, 0.25) is 0 Å². The first kappa shape index (κ1) is 30.7. The molecule has 5 rings (SSSR count). The molecule has 2 N–H and O–H groups in total. The second-order valence-electron chi connectivity index (χ2n) is 10.9. The molecule has 0 unspecified atom stereocenters. The Morgan fingerprint density at radius 3 is 2.52 bits per heavy atom. The molecule has 230 valence electrons. The van der Waals surface area contributed by atoms with Gasteiger partial charge in [0, 0.05) is 30.4 Å². The Morgan fingerprint density at radius 1 is 1.14 bits per heavy atom. The zero-order valence-corrected chi connectivity index (χ0v) is 24.3. The van der Waals surface area contributed by atoms with E-state index < -0.39 is 42.2 Å². The molecule has 0 atom stereocenters. The minimum atomic E-state index is -3.06. The van der Waals surface area contributed by atoms with E-state index >= 15 is 4.39 Å². The second kappa shape index (κ2) is 12.5. The fourth-order valence-electron chi connectivity index (χ4n) is 5.03. The zero-order chi connectivity index (χ0) is 31.6. The van der Waals surface area contributed by atoms with Crippen LogP contribution in [0.25, 0.3) is 11.1 Å². The summed E-state index contributed by atoms with van der Waals surface area (Å²) in [6, 6.07) is 8.00. The number of hydrogen-bond donors (Lipinski definition) is 2. The Labute approximate surface area is 251 Å². The number of nitrogens with zero attached hydrogens (tertiary/aromatic N) is 4. The highest BCUT2D eigenvalue weighted by Gasteiger charge is 2.47. The number of carbonyl (C=O) groups excluding carboxylic acids is 2. The molecule has 1 saturated heterocycles. The molecule has 2 amide bonds. The van der Waals surface area contributed by atoms with Gasteiger partial charge in [-0.15, -0.1) is 0 Å². The van der Waals surface area contributed by atoms with Gasteiger partial charge in [0.2, 0.25) is 5.88 Å². The van der Waals surface area contributed by atoms with Crippen LogP contribution in [0.4, 0.5) is 19.0 Å². The molecule has 10 nitrogen and oxygen atoms in total. The van der Waals surface area contributed by atoms with Crippen LogP contribution in [0.3, 0.4) is 0 Å². The van der Waals surface area contributed by atoms with Gasteiger partial charge in [-0.25, -0.2) is 13.2 Å². The van der Waals surface area contributed by atoms with Crippen LogP contribution >= 0.6 is 0 Å². The fourth-order valence-corrected chi connectivity index (χ4v) is 5.03. The van der Waals surface area contributed by atoms with Crippen molar-refractivity contribution < 1.29 is 27.5 Å². The summed E-state index contributed by atoms with van der Waals surface area (Å²) in [6.07, 6.45) is 4.34. The number of benzene rings is 1. The van der Waals surface area contributed by atoms with Crippen LogP contribution < -0.4 is 20.9 Å². The standard InChI is InChI=1S/C31H31F3N6O4/c1-3-7-36-14-19-9-23(30(43)40(15-19)21-5-6-21)28(41)38-25-11-20(12-26(37-25)44-4-2)27-22(8-18(13-35)10-24(27)32)29(42)39-16-31(33,34)17-39/h8-12,15,21,36H,3-7,14,16-17H2,1-2H3,(H,37,38,41). The number of likely N-dealkylation sites (tertiary alicyclic amines) is 1. The van der Waals surface area contributed by atoms with E-state index in [4.69, 9.17) is 4.74 Å². The molecule has 13 heteroatoms. The van der Waals surface area contributed by atoms with Gasteiger partial charge >= 0.3 is 0 Å². The highest BCUT2D eigenvalue weighted by atomic mass is 19.3. The van der Waals surface area contributed by atoms with Crippen LogP contribution in [-0.4, -0.2) is 58.4 Å². The number of ether oxygens (including phenoxy) is 1. The lowest BCUT2D eigenvalue weighted by Gasteiger charge is -2.39. The van der Waals surface area contributed by atoms with Gasteiger partial charge < -0.3 is 24.8 Å². The van der Waals surface area contributed by atoms with Crippen molar-refractivity contribution >= 4 is 17.6 Å². The lowest BCUT2D eigenvalue weighted by Crippen LogP contribution is -2.58.